The van der Waals surface area contributed by atoms with Gasteiger partial charge in [-0.25, -0.2) is 0 Å². The number of hydrogen-bond donors (Lipinski definition) is 3. The van der Waals surface area contributed by atoms with Gasteiger partial charge in [-0.3, -0.25) is 9.78 Å². The molecule has 1 aromatic carbocycles. The number of nitrogens with one attached hydrogen (secondary N) is 2. The standard InChI is InChI=1S/C16H15Cl2N3O2/c17-12-5-11(14(22)6-13(12)18)15(9-1-3-19-4-2-9)21-16(23)10-7-20-8-10/h1-6,10,15,20,22H,7-8H2,(H,21,23). The van der Waals surface area contributed by atoms with Gasteiger partial charge in [-0.1, -0.05) is 23.2 Å². The van der Waals surface area contributed by atoms with Crippen LogP contribution >= 0.6 is 23.2 Å². The van der Waals surface area contributed by atoms with Crippen molar-refractivity contribution in [3.8, 4) is 5.75 Å². The summed E-state index contributed by atoms with van der Waals surface area (Å²) in [5, 5.41) is 16.9. The molecule has 0 aliphatic carbocycles. The van der Waals surface area contributed by atoms with Crippen LogP contribution in [0.1, 0.15) is 17.2 Å². The largest absolute Gasteiger partial charge is 0.508 e. The second kappa shape index (κ2) is 6.74. The first-order chi connectivity index (χ1) is 11.1. The molecule has 1 saturated heterocycles. The summed E-state index contributed by atoms with van der Waals surface area (Å²) in [5.74, 6) is -0.159. The monoisotopic (exact) mass is 351 g/mol. The Morgan fingerprint density at radius 1 is 1.26 bits per heavy atom. The van der Waals surface area contributed by atoms with Crippen molar-refractivity contribution >= 4 is 29.1 Å². The van der Waals surface area contributed by atoms with Crippen LogP contribution in [0.5, 0.6) is 5.75 Å². The molecular formula is C16H15Cl2N3O2. The molecule has 2 heterocycles. The summed E-state index contributed by atoms with van der Waals surface area (Å²) >= 11 is 12.0. The lowest BCUT2D eigenvalue weighted by Crippen LogP contribution is -2.51. The van der Waals surface area contributed by atoms with E-state index in [9.17, 15) is 9.90 Å². The maximum atomic E-state index is 12.3. The molecule has 1 aliphatic heterocycles. The number of aromatic hydroxyl groups is 1. The van der Waals surface area contributed by atoms with E-state index in [-0.39, 0.29) is 22.6 Å². The number of nitrogens with zero attached hydrogens (tertiary/aromatic N) is 1. The molecule has 23 heavy (non-hydrogen) atoms. The third kappa shape index (κ3) is 3.42. The molecule has 1 fully saturated rings. The Hall–Kier alpha value is -1.82. The molecule has 7 heteroatoms. The molecule has 0 radical (unpaired) electrons. The Morgan fingerprint density at radius 3 is 2.52 bits per heavy atom. The van der Waals surface area contributed by atoms with Crippen LogP contribution in [-0.2, 0) is 4.79 Å². The number of phenols is 1. The van der Waals surface area contributed by atoms with Crippen LogP contribution in [0, 0.1) is 5.92 Å². The molecule has 1 amide bonds. The van der Waals surface area contributed by atoms with Gasteiger partial charge in [0.1, 0.15) is 5.75 Å². The van der Waals surface area contributed by atoms with Crippen LogP contribution in [0.15, 0.2) is 36.7 Å². The van der Waals surface area contributed by atoms with Gasteiger partial charge in [0.2, 0.25) is 5.91 Å². The minimum absolute atomic E-state index is 0.0201. The van der Waals surface area contributed by atoms with Crippen molar-refractivity contribution in [3.05, 3.63) is 57.8 Å². The fourth-order valence-electron chi connectivity index (χ4n) is 2.41. The number of halogens is 2. The van der Waals surface area contributed by atoms with E-state index in [0.717, 1.165) is 5.56 Å². The number of carbonyl (C=O) groups is 1. The van der Waals surface area contributed by atoms with Gasteiger partial charge < -0.3 is 15.7 Å². The number of aromatic nitrogens is 1. The zero-order valence-electron chi connectivity index (χ0n) is 12.1. The van der Waals surface area contributed by atoms with Crippen molar-refractivity contribution in [1.29, 1.82) is 0 Å². The molecule has 120 valence electrons. The molecule has 1 atom stereocenters. The molecular weight excluding hydrogens is 337 g/mol. The summed E-state index contributed by atoms with van der Waals surface area (Å²) in [5.41, 5.74) is 1.29. The number of hydrogen-bond acceptors (Lipinski definition) is 4. The normalized spacial score (nSPS) is 15.7. The lowest BCUT2D eigenvalue weighted by atomic mass is 9.96. The van der Waals surface area contributed by atoms with E-state index in [1.807, 2.05) is 0 Å². The summed E-state index contributed by atoms with van der Waals surface area (Å²) in [6.45, 7) is 1.31. The zero-order valence-corrected chi connectivity index (χ0v) is 13.6. The summed E-state index contributed by atoms with van der Waals surface area (Å²) in [6.07, 6.45) is 3.27. The predicted molar refractivity (Wildman–Crippen MR) is 88.7 cm³/mol. The number of rotatable bonds is 4. The number of phenolic OH excluding ortho intramolecular Hbond substituents is 1. The van der Waals surface area contributed by atoms with E-state index in [1.54, 1.807) is 30.6 Å². The molecule has 0 bridgehead atoms. The maximum Gasteiger partial charge on any atom is 0.226 e. The first kappa shape index (κ1) is 16.1. The summed E-state index contributed by atoms with van der Waals surface area (Å²) in [6, 6.07) is 5.99. The Morgan fingerprint density at radius 2 is 1.91 bits per heavy atom. The Bertz CT molecular complexity index is 721. The van der Waals surface area contributed by atoms with Crippen molar-refractivity contribution in [2.45, 2.75) is 6.04 Å². The number of carbonyl (C=O) groups excluding carboxylic acids is 1. The van der Waals surface area contributed by atoms with E-state index in [1.165, 1.54) is 6.07 Å². The lowest BCUT2D eigenvalue weighted by Gasteiger charge is -2.29. The molecule has 1 aliphatic rings. The Kier molecular flexibility index (Phi) is 4.71. The average molecular weight is 352 g/mol. The highest BCUT2D eigenvalue weighted by Crippen LogP contribution is 2.36. The molecule has 1 unspecified atom stereocenters. The van der Waals surface area contributed by atoms with Gasteiger partial charge in [0.05, 0.1) is 22.0 Å². The number of amides is 1. The van der Waals surface area contributed by atoms with Gasteiger partial charge in [-0.15, -0.1) is 0 Å². The molecule has 3 N–H and O–H groups in total. The van der Waals surface area contributed by atoms with Crippen molar-refractivity contribution in [2.75, 3.05) is 13.1 Å². The quantitative estimate of drug-likeness (QED) is 0.791. The average Bonchev–Trinajstić information content (AvgIpc) is 2.48. The topological polar surface area (TPSA) is 74.2 Å². The molecule has 0 saturated carbocycles. The Balaban J connectivity index is 1.98. The van der Waals surface area contributed by atoms with Gasteiger partial charge in [-0.2, -0.15) is 0 Å². The van der Waals surface area contributed by atoms with Crippen LogP contribution in [0.25, 0.3) is 0 Å². The third-order valence-electron chi connectivity index (χ3n) is 3.86. The van der Waals surface area contributed by atoms with E-state index in [0.29, 0.717) is 23.7 Å². The highest BCUT2D eigenvalue weighted by molar-refractivity contribution is 6.42. The molecule has 3 rings (SSSR count). The molecule has 5 nitrogen and oxygen atoms in total. The van der Waals surface area contributed by atoms with Gasteiger partial charge in [-0.05, 0) is 23.8 Å². The molecule has 2 aromatic rings. The summed E-state index contributed by atoms with van der Waals surface area (Å²) in [7, 11) is 0. The van der Waals surface area contributed by atoms with E-state index >= 15 is 0 Å². The number of benzene rings is 1. The third-order valence-corrected chi connectivity index (χ3v) is 4.58. The van der Waals surface area contributed by atoms with Crippen LogP contribution in [0.4, 0.5) is 0 Å². The van der Waals surface area contributed by atoms with E-state index in [2.05, 4.69) is 15.6 Å². The molecule has 1 aromatic heterocycles. The molecule has 0 spiro atoms. The minimum atomic E-state index is -0.527. The van der Waals surface area contributed by atoms with Gasteiger partial charge >= 0.3 is 0 Å². The second-order valence-corrected chi connectivity index (χ2v) is 6.22. The highest BCUT2D eigenvalue weighted by Gasteiger charge is 2.29. The maximum absolute atomic E-state index is 12.3. The SMILES string of the molecule is O=C(NC(c1ccncc1)c1cc(Cl)c(Cl)cc1O)C1CNC1. The second-order valence-electron chi connectivity index (χ2n) is 5.40. The van der Waals surface area contributed by atoms with Crippen LogP contribution < -0.4 is 10.6 Å². The van der Waals surface area contributed by atoms with Crippen molar-refractivity contribution < 1.29 is 9.90 Å². The van der Waals surface area contributed by atoms with Crippen molar-refractivity contribution in [2.24, 2.45) is 5.92 Å². The van der Waals surface area contributed by atoms with E-state index in [4.69, 9.17) is 23.2 Å². The smallest absolute Gasteiger partial charge is 0.226 e. The van der Waals surface area contributed by atoms with Crippen LogP contribution in [0.3, 0.4) is 0 Å². The van der Waals surface area contributed by atoms with E-state index < -0.39 is 6.04 Å². The fourth-order valence-corrected chi connectivity index (χ4v) is 2.74. The van der Waals surface area contributed by atoms with Gasteiger partial charge in [0.25, 0.3) is 0 Å². The summed E-state index contributed by atoms with van der Waals surface area (Å²) < 4.78 is 0. The predicted octanol–water partition coefficient (Wildman–Crippen LogP) is 2.52. The van der Waals surface area contributed by atoms with Crippen LogP contribution in [0.2, 0.25) is 10.0 Å². The number of pyridine rings is 1. The highest BCUT2D eigenvalue weighted by atomic mass is 35.5. The van der Waals surface area contributed by atoms with Crippen LogP contribution in [-0.4, -0.2) is 29.1 Å². The van der Waals surface area contributed by atoms with Crippen molar-refractivity contribution in [3.63, 3.8) is 0 Å². The first-order valence-electron chi connectivity index (χ1n) is 7.15. The van der Waals surface area contributed by atoms with Crippen molar-refractivity contribution in [1.82, 2.24) is 15.6 Å². The van der Waals surface area contributed by atoms with Gasteiger partial charge in [0, 0.05) is 37.1 Å². The first-order valence-corrected chi connectivity index (χ1v) is 7.91. The summed E-state index contributed by atoms with van der Waals surface area (Å²) in [4.78, 5) is 16.3. The zero-order chi connectivity index (χ0) is 16.4. The Labute approximate surface area is 143 Å². The van der Waals surface area contributed by atoms with Gasteiger partial charge in [0.15, 0.2) is 0 Å². The fraction of sp³-hybridized carbons (Fsp3) is 0.250. The lowest BCUT2D eigenvalue weighted by molar-refractivity contribution is -0.126. The minimum Gasteiger partial charge on any atom is -0.508 e.